The van der Waals surface area contributed by atoms with Gasteiger partial charge in [-0.1, -0.05) is 48.2 Å². The highest BCUT2D eigenvalue weighted by Gasteiger charge is 2.32. The van der Waals surface area contributed by atoms with Gasteiger partial charge < -0.3 is 14.9 Å². The number of aromatic amines is 2. The first kappa shape index (κ1) is 20.1. The molecule has 0 saturated carbocycles. The summed E-state index contributed by atoms with van der Waals surface area (Å²) in [5, 5.41) is 0.905. The van der Waals surface area contributed by atoms with Gasteiger partial charge in [-0.25, -0.2) is 9.97 Å². The Morgan fingerprint density at radius 2 is 1.61 bits per heavy atom. The van der Waals surface area contributed by atoms with Crippen molar-refractivity contribution in [1.29, 1.82) is 0 Å². The molecule has 0 aliphatic carbocycles. The molecule has 1 atom stereocenters. The number of likely N-dealkylation sites (tertiary alicyclic amines) is 1. The van der Waals surface area contributed by atoms with Crippen molar-refractivity contribution in [3.63, 3.8) is 0 Å². The predicted molar refractivity (Wildman–Crippen MR) is 131 cm³/mol. The van der Waals surface area contributed by atoms with Crippen molar-refractivity contribution in [2.45, 2.75) is 29.8 Å². The van der Waals surface area contributed by atoms with E-state index in [0.717, 1.165) is 69.3 Å². The van der Waals surface area contributed by atoms with E-state index in [9.17, 15) is 4.79 Å². The van der Waals surface area contributed by atoms with Crippen molar-refractivity contribution < 1.29 is 4.79 Å². The number of fused-ring (bicyclic) bond motifs is 2. The summed E-state index contributed by atoms with van der Waals surface area (Å²) in [7, 11) is 0. The normalized spacial score (nSPS) is 16.1. The first-order valence-corrected chi connectivity index (χ1v) is 12.2. The molecule has 164 valence electrons. The highest BCUT2D eigenvalue weighted by atomic mass is 32.2. The lowest BCUT2D eigenvalue weighted by Crippen LogP contribution is -2.31. The van der Waals surface area contributed by atoms with E-state index in [4.69, 9.17) is 4.98 Å². The second-order valence-corrected chi connectivity index (χ2v) is 9.30. The minimum Gasteiger partial charge on any atom is -0.340 e. The smallest absolute Gasteiger partial charge is 0.254 e. The Hall–Kier alpha value is -3.58. The van der Waals surface area contributed by atoms with E-state index >= 15 is 0 Å². The molecule has 6 nitrogen and oxygen atoms in total. The third-order valence-electron chi connectivity index (χ3n) is 6.18. The molecular formula is C26H23N5OS. The number of nitrogens with zero attached hydrogens (tertiary/aromatic N) is 3. The number of amides is 1. The number of nitrogens with one attached hydrogen (secondary N) is 2. The zero-order chi connectivity index (χ0) is 22.2. The molecule has 6 rings (SSSR count). The second kappa shape index (κ2) is 8.41. The maximum absolute atomic E-state index is 13.3. The topological polar surface area (TPSA) is 77.7 Å². The van der Waals surface area contributed by atoms with Crippen LogP contribution in [-0.4, -0.2) is 37.3 Å². The molecule has 1 saturated heterocycles. The Bertz CT molecular complexity index is 1370. The summed E-state index contributed by atoms with van der Waals surface area (Å²) >= 11 is 1.66. The molecule has 0 bridgehead atoms. The summed E-state index contributed by atoms with van der Waals surface area (Å²) in [4.78, 5) is 31.4. The molecule has 33 heavy (non-hydrogen) atoms. The van der Waals surface area contributed by atoms with E-state index in [-0.39, 0.29) is 11.9 Å². The Kier molecular flexibility index (Phi) is 5.11. The van der Waals surface area contributed by atoms with Crippen LogP contribution in [0.4, 0.5) is 0 Å². The Morgan fingerprint density at radius 3 is 2.33 bits per heavy atom. The van der Waals surface area contributed by atoms with Crippen molar-refractivity contribution in [2.75, 3.05) is 6.54 Å². The van der Waals surface area contributed by atoms with E-state index in [1.807, 2.05) is 77.7 Å². The van der Waals surface area contributed by atoms with Crippen LogP contribution in [0.25, 0.3) is 22.1 Å². The zero-order valence-electron chi connectivity index (χ0n) is 18.0. The van der Waals surface area contributed by atoms with Gasteiger partial charge in [-0.2, -0.15) is 0 Å². The highest BCUT2D eigenvalue weighted by Crippen LogP contribution is 2.33. The summed E-state index contributed by atoms with van der Waals surface area (Å²) < 4.78 is 0. The highest BCUT2D eigenvalue weighted by molar-refractivity contribution is 7.98. The van der Waals surface area contributed by atoms with E-state index < -0.39 is 0 Å². The van der Waals surface area contributed by atoms with E-state index in [2.05, 4.69) is 15.0 Å². The van der Waals surface area contributed by atoms with Gasteiger partial charge in [0.25, 0.3) is 5.91 Å². The summed E-state index contributed by atoms with van der Waals surface area (Å²) in [6.07, 6.45) is 1.91. The Morgan fingerprint density at radius 1 is 0.909 bits per heavy atom. The van der Waals surface area contributed by atoms with Crippen LogP contribution in [0.3, 0.4) is 0 Å². The zero-order valence-corrected chi connectivity index (χ0v) is 18.8. The second-order valence-electron chi connectivity index (χ2n) is 8.34. The molecule has 5 aromatic rings. The van der Waals surface area contributed by atoms with Gasteiger partial charge in [0.1, 0.15) is 5.82 Å². The number of benzene rings is 3. The lowest BCUT2D eigenvalue weighted by atomic mass is 10.1. The summed E-state index contributed by atoms with van der Waals surface area (Å²) in [6.45, 7) is 0.754. The number of hydrogen-bond donors (Lipinski definition) is 2. The number of carbonyl (C=O) groups is 1. The molecule has 2 aromatic heterocycles. The average Bonchev–Trinajstić information content (AvgIpc) is 3.59. The maximum Gasteiger partial charge on any atom is 0.254 e. The van der Waals surface area contributed by atoms with Crippen molar-refractivity contribution in [2.24, 2.45) is 0 Å². The number of rotatable bonds is 5. The quantitative estimate of drug-likeness (QED) is 0.334. The van der Waals surface area contributed by atoms with E-state index in [0.29, 0.717) is 0 Å². The summed E-state index contributed by atoms with van der Waals surface area (Å²) in [5.74, 6) is 1.73. The molecule has 2 N–H and O–H groups in total. The lowest BCUT2D eigenvalue weighted by Gasteiger charge is -2.23. The van der Waals surface area contributed by atoms with E-state index in [1.54, 1.807) is 11.8 Å². The number of imidazole rings is 2. The molecule has 1 aliphatic heterocycles. The fourth-order valence-electron chi connectivity index (χ4n) is 4.48. The minimum absolute atomic E-state index is 0.00628. The van der Waals surface area contributed by atoms with Crippen LogP contribution in [0.5, 0.6) is 0 Å². The molecule has 1 amide bonds. The monoisotopic (exact) mass is 453 g/mol. The third-order valence-corrected chi connectivity index (χ3v) is 7.13. The van der Waals surface area contributed by atoms with Crippen LogP contribution in [-0.2, 0) is 5.75 Å². The molecule has 0 radical (unpaired) electrons. The number of carbonyl (C=O) groups excluding carboxylic acids is 1. The maximum atomic E-state index is 13.3. The number of H-pyrrole nitrogens is 2. The van der Waals surface area contributed by atoms with Gasteiger partial charge in [0.05, 0.1) is 28.1 Å². The van der Waals surface area contributed by atoms with Crippen LogP contribution in [0.1, 0.15) is 40.6 Å². The van der Waals surface area contributed by atoms with Gasteiger partial charge in [0.2, 0.25) is 0 Å². The third kappa shape index (κ3) is 3.89. The van der Waals surface area contributed by atoms with Gasteiger partial charge in [-0.15, -0.1) is 0 Å². The first-order chi connectivity index (χ1) is 16.2. The fourth-order valence-corrected chi connectivity index (χ4v) is 5.32. The Balaban J connectivity index is 1.15. The fraction of sp³-hybridized carbons (Fsp3) is 0.192. The van der Waals surface area contributed by atoms with Gasteiger partial charge in [-0.3, -0.25) is 4.79 Å². The molecule has 0 spiro atoms. The van der Waals surface area contributed by atoms with Crippen molar-refractivity contribution >= 4 is 39.7 Å². The molecule has 3 aromatic carbocycles. The average molecular weight is 454 g/mol. The number of thioether (sulfide) groups is 1. The standard InChI is InChI=1S/C26H23N5OS/c32-25(31-15-5-10-23(31)24-27-19-6-1-2-7-20(19)28-24)18-13-11-17(12-14-18)16-33-26-29-21-8-3-4-9-22(21)30-26/h1-4,6-9,11-14,23H,5,10,15-16H2,(H,27,28)(H,29,30). The van der Waals surface area contributed by atoms with Gasteiger partial charge in [0, 0.05) is 17.9 Å². The SMILES string of the molecule is O=C(c1ccc(CSc2nc3ccccc3[nH]2)cc1)N1CCCC1c1nc2ccccc2[nH]1. The van der Waals surface area contributed by atoms with Crippen molar-refractivity contribution in [3.8, 4) is 0 Å². The van der Waals surface area contributed by atoms with Gasteiger partial charge in [0.15, 0.2) is 5.16 Å². The molecule has 1 unspecified atom stereocenters. The summed E-state index contributed by atoms with van der Waals surface area (Å²) in [5.41, 5.74) is 5.86. The molecule has 1 aliphatic rings. The lowest BCUT2D eigenvalue weighted by molar-refractivity contribution is 0.0730. The van der Waals surface area contributed by atoms with Crippen molar-refractivity contribution in [3.05, 3.63) is 89.7 Å². The van der Waals surface area contributed by atoms with Crippen LogP contribution < -0.4 is 0 Å². The van der Waals surface area contributed by atoms with Crippen molar-refractivity contribution in [1.82, 2.24) is 24.8 Å². The molecule has 1 fully saturated rings. The van der Waals surface area contributed by atoms with Gasteiger partial charge >= 0.3 is 0 Å². The Labute approximate surface area is 195 Å². The largest absolute Gasteiger partial charge is 0.340 e. The first-order valence-electron chi connectivity index (χ1n) is 11.2. The molecular weight excluding hydrogens is 430 g/mol. The number of aromatic nitrogens is 4. The van der Waals surface area contributed by atoms with Crippen LogP contribution >= 0.6 is 11.8 Å². The van der Waals surface area contributed by atoms with Crippen LogP contribution in [0.2, 0.25) is 0 Å². The van der Waals surface area contributed by atoms with Crippen LogP contribution in [0.15, 0.2) is 78.0 Å². The molecule has 3 heterocycles. The van der Waals surface area contributed by atoms with Crippen LogP contribution in [0, 0.1) is 0 Å². The minimum atomic E-state index is -0.00628. The summed E-state index contributed by atoms with van der Waals surface area (Å²) in [6, 6.07) is 24.0. The molecule has 7 heteroatoms. The number of hydrogen-bond acceptors (Lipinski definition) is 4. The van der Waals surface area contributed by atoms with E-state index in [1.165, 1.54) is 0 Å². The predicted octanol–water partition coefficient (Wildman–Crippen LogP) is 5.71. The number of para-hydroxylation sites is 4. The van der Waals surface area contributed by atoms with Gasteiger partial charge in [-0.05, 0) is 54.8 Å².